The van der Waals surface area contributed by atoms with Gasteiger partial charge in [0.1, 0.15) is 4.70 Å². The molecule has 1 atom stereocenters. The topological polar surface area (TPSA) is 140 Å². The van der Waals surface area contributed by atoms with Crippen molar-refractivity contribution in [1.29, 1.82) is 0 Å². The smallest absolute Gasteiger partial charge is 0.303 e. The molecule has 3 aromatic rings. The van der Waals surface area contributed by atoms with Gasteiger partial charge in [0.25, 0.3) is 5.01 Å². The summed E-state index contributed by atoms with van der Waals surface area (Å²) in [5, 5.41) is 25.9. The first-order chi connectivity index (χ1) is 26.1. The molecule has 6 rings (SSSR count). The molecule has 4 N–H and O–H groups in total. The monoisotopic (exact) mass is 805 g/mol. The second-order valence-corrected chi connectivity index (χ2v) is 17.2. The lowest BCUT2D eigenvalue weighted by Crippen LogP contribution is -2.41. The van der Waals surface area contributed by atoms with E-state index in [0.29, 0.717) is 32.1 Å². The highest BCUT2D eigenvalue weighted by atomic mass is 32.2. The SMILES string of the molecule is CSc1ccc2c(c1)N(CCNC(=O)CCC(=O)O)/C(=C/C1=CC3=C/C(=C/c4sc5ccc(SC)cc5[n+]4CCNC(=O)CCC(=O)O)CCC3CC1)S2. The maximum absolute atomic E-state index is 12.3. The van der Waals surface area contributed by atoms with Gasteiger partial charge in [-0.15, -0.1) is 23.5 Å². The minimum absolute atomic E-state index is 0.0319. The van der Waals surface area contributed by atoms with Gasteiger partial charge >= 0.3 is 11.9 Å². The summed E-state index contributed by atoms with van der Waals surface area (Å²) < 4.78 is 3.44. The third kappa shape index (κ3) is 10.2. The Bertz CT molecular complexity index is 2070. The van der Waals surface area contributed by atoms with Crippen molar-refractivity contribution >= 4 is 92.4 Å². The fourth-order valence-corrected chi connectivity index (χ4v) is 10.0. The Morgan fingerprint density at radius 2 is 1.56 bits per heavy atom. The van der Waals surface area contributed by atoms with Gasteiger partial charge in [0, 0.05) is 52.8 Å². The number of thioether (sulfide) groups is 3. The zero-order valence-electron chi connectivity index (χ0n) is 30.4. The van der Waals surface area contributed by atoms with Crippen LogP contribution >= 0.6 is 46.6 Å². The maximum Gasteiger partial charge on any atom is 0.303 e. The predicted molar refractivity (Wildman–Crippen MR) is 219 cm³/mol. The fourth-order valence-electron chi connectivity index (χ4n) is 6.88. The largest absolute Gasteiger partial charge is 0.481 e. The molecule has 1 aromatic heterocycles. The number of carbonyl (C=O) groups excluding carboxylic acids is 2. The number of carboxylic acid groups (broad SMARTS) is 2. The Labute approximate surface area is 332 Å². The first-order valence-electron chi connectivity index (χ1n) is 18.1. The number of aliphatic carboxylic acids is 2. The summed E-state index contributed by atoms with van der Waals surface area (Å²) in [4.78, 5) is 52.2. The molecule has 10 nitrogen and oxygen atoms in total. The van der Waals surface area contributed by atoms with Crippen molar-refractivity contribution in [3.63, 3.8) is 0 Å². The standard InChI is InChI=1S/C40H44N4O6S4/c1-51-29-7-9-33-31(23-29)43(17-15-41-35(45)11-13-39(47)48)37(53-33)21-25-3-5-27-6-4-26(20-28(27)19-25)22-38-44(18-16-42-36(46)12-14-40(49)50)32-24-30(52-2)8-10-34(32)54-38/h7-10,19-24,27H,3-6,11-18H2,1-2H3,(H3-,41,42,45,46,47,48,49,50)/p+1. The third-order valence-corrected chi connectivity index (χ3v) is 13.4. The summed E-state index contributed by atoms with van der Waals surface area (Å²) in [6.07, 6.45) is 17.1. The van der Waals surface area contributed by atoms with Gasteiger partial charge < -0.3 is 25.7 Å². The van der Waals surface area contributed by atoms with Crippen molar-refractivity contribution < 1.29 is 34.0 Å². The number of rotatable bonds is 16. The summed E-state index contributed by atoms with van der Waals surface area (Å²) in [6.45, 7) is 1.97. The lowest BCUT2D eigenvalue weighted by atomic mass is 9.77. The molecule has 14 heteroatoms. The molecule has 3 aliphatic rings. The van der Waals surface area contributed by atoms with E-state index in [2.05, 4.69) is 93.3 Å². The van der Waals surface area contributed by atoms with Gasteiger partial charge in [-0.2, -0.15) is 4.57 Å². The molecule has 54 heavy (non-hydrogen) atoms. The van der Waals surface area contributed by atoms with E-state index in [0.717, 1.165) is 46.9 Å². The van der Waals surface area contributed by atoms with Crippen LogP contribution in [-0.2, 0) is 25.7 Å². The van der Waals surface area contributed by atoms with Gasteiger partial charge in [-0.05, 0) is 97.2 Å². The third-order valence-electron chi connectivity index (χ3n) is 9.68. The Morgan fingerprint density at radius 3 is 2.28 bits per heavy atom. The average Bonchev–Trinajstić information content (AvgIpc) is 3.68. The van der Waals surface area contributed by atoms with Gasteiger partial charge in [-0.1, -0.05) is 35.3 Å². The van der Waals surface area contributed by atoms with Crippen LogP contribution in [0.5, 0.6) is 0 Å². The van der Waals surface area contributed by atoms with Crippen LogP contribution in [0.25, 0.3) is 16.3 Å². The molecule has 2 aliphatic carbocycles. The van der Waals surface area contributed by atoms with Crippen LogP contribution in [0.15, 0.2) is 91.1 Å². The van der Waals surface area contributed by atoms with E-state index in [1.54, 1.807) is 46.6 Å². The number of anilines is 1. The van der Waals surface area contributed by atoms with Crippen molar-refractivity contribution in [1.82, 2.24) is 10.6 Å². The lowest BCUT2D eigenvalue weighted by molar-refractivity contribution is -0.666. The molecule has 284 valence electrons. The highest BCUT2D eigenvalue weighted by Crippen LogP contribution is 2.48. The number of hydrogen-bond acceptors (Lipinski definition) is 9. The zero-order chi connectivity index (χ0) is 38.2. The van der Waals surface area contributed by atoms with Gasteiger partial charge in [0.15, 0.2) is 6.54 Å². The number of benzene rings is 2. The van der Waals surface area contributed by atoms with E-state index >= 15 is 0 Å². The minimum Gasteiger partial charge on any atom is -0.481 e. The van der Waals surface area contributed by atoms with E-state index in [-0.39, 0.29) is 37.5 Å². The van der Waals surface area contributed by atoms with E-state index in [1.807, 2.05) is 0 Å². The lowest BCUT2D eigenvalue weighted by Gasteiger charge is -2.29. The van der Waals surface area contributed by atoms with Crippen molar-refractivity contribution in [2.75, 3.05) is 37.0 Å². The molecular weight excluding hydrogens is 761 g/mol. The van der Waals surface area contributed by atoms with Gasteiger partial charge in [-0.3, -0.25) is 19.2 Å². The van der Waals surface area contributed by atoms with Crippen LogP contribution in [0.3, 0.4) is 0 Å². The van der Waals surface area contributed by atoms with E-state index in [4.69, 9.17) is 10.2 Å². The summed E-state index contributed by atoms with van der Waals surface area (Å²) in [6, 6.07) is 13.0. The second-order valence-electron chi connectivity index (χ2n) is 13.3. The number of carboxylic acids is 2. The molecule has 1 aliphatic heterocycles. The number of nitrogens with zero attached hydrogens (tertiary/aromatic N) is 2. The predicted octanol–water partition coefficient (Wildman–Crippen LogP) is 7.49. The van der Waals surface area contributed by atoms with Crippen LogP contribution in [0.1, 0.15) is 56.4 Å². The number of carbonyl (C=O) groups is 4. The summed E-state index contributed by atoms with van der Waals surface area (Å²) >= 11 is 6.87. The molecule has 0 fully saturated rings. The van der Waals surface area contributed by atoms with Crippen molar-refractivity contribution in [2.24, 2.45) is 5.92 Å². The van der Waals surface area contributed by atoms with Crippen molar-refractivity contribution in [3.8, 4) is 0 Å². The first-order valence-corrected chi connectivity index (χ1v) is 22.1. The van der Waals surface area contributed by atoms with E-state index in [1.165, 1.54) is 36.1 Å². The number of thiazole rings is 1. The maximum atomic E-state index is 12.3. The summed E-state index contributed by atoms with van der Waals surface area (Å²) in [7, 11) is 0. The molecule has 2 heterocycles. The van der Waals surface area contributed by atoms with Crippen molar-refractivity contribution in [2.45, 2.75) is 72.6 Å². The van der Waals surface area contributed by atoms with Crippen LogP contribution in [0.4, 0.5) is 5.69 Å². The Kier molecular flexibility index (Phi) is 13.7. The molecule has 1 unspecified atom stereocenters. The normalized spacial score (nSPS) is 18.0. The molecule has 0 bridgehead atoms. The number of aromatic nitrogens is 1. The number of fused-ring (bicyclic) bond motifs is 3. The average molecular weight is 806 g/mol. The second kappa shape index (κ2) is 18.6. The van der Waals surface area contributed by atoms with Crippen LogP contribution < -0.4 is 20.1 Å². The first kappa shape index (κ1) is 39.7. The van der Waals surface area contributed by atoms with Crippen molar-refractivity contribution in [3.05, 3.63) is 81.4 Å². The van der Waals surface area contributed by atoms with Gasteiger partial charge in [0.2, 0.25) is 17.3 Å². The molecule has 2 amide bonds. The molecule has 0 saturated heterocycles. The Morgan fingerprint density at radius 1 is 0.870 bits per heavy atom. The zero-order valence-corrected chi connectivity index (χ0v) is 33.7. The van der Waals surface area contributed by atoms with Gasteiger partial charge in [0.05, 0.1) is 30.1 Å². The van der Waals surface area contributed by atoms with E-state index in [9.17, 15) is 19.2 Å². The van der Waals surface area contributed by atoms with Gasteiger partial charge in [-0.25, -0.2) is 0 Å². The minimum atomic E-state index is -0.980. The molecule has 2 aromatic carbocycles. The molecule has 0 saturated carbocycles. The molecular formula is C40H45N4O6S4+. The van der Waals surface area contributed by atoms with E-state index < -0.39 is 11.9 Å². The number of hydrogen-bond donors (Lipinski definition) is 4. The van der Waals surface area contributed by atoms with Crippen LogP contribution in [0.2, 0.25) is 0 Å². The quantitative estimate of drug-likeness (QED) is 0.0851. The fraction of sp³-hybridized carbons (Fsp3) is 0.375. The Balaban J connectivity index is 1.23. The summed E-state index contributed by atoms with van der Waals surface area (Å²) in [5.41, 5.74) is 6.13. The molecule has 0 spiro atoms. The summed E-state index contributed by atoms with van der Waals surface area (Å²) in [5.74, 6) is -1.96. The highest BCUT2D eigenvalue weighted by molar-refractivity contribution is 8.03. The molecule has 0 radical (unpaired) electrons. The number of nitrogens with one attached hydrogen (secondary N) is 2. The van der Waals surface area contributed by atoms with Crippen LogP contribution in [-0.4, -0.2) is 66.1 Å². The number of allylic oxidation sites excluding steroid dienone is 6. The highest BCUT2D eigenvalue weighted by Gasteiger charge is 2.28. The van der Waals surface area contributed by atoms with Crippen LogP contribution in [0, 0.1) is 5.92 Å². The Hall–Kier alpha value is -3.98. The number of amides is 2.